The number of nitrogens with zero attached hydrogens (tertiary/aromatic N) is 4. The van der Waals surface area contributed by atoms with Crippen LogP contribution in [0.4, 0.5) is 5.95 Å². The number of aromatic nitrogens is 3. The van der Waals surface area contributed by atoms with Crippen molar-refractivity contribution in [2.75, 3.05) is 12.0 Å². The first-order chi connectivity index (χ1) is 12.2. The van der Waals surface area contributed by atoms with E-state index in [1.54, 1.807) is 7.11 Å². The molecule has 0 fully saturated rings. The highest BCUT2D eigenvalue weighted by molar-refractivity contribution is 6.30. The van der Waals surface area contributed by atoms with E-state index in [1.165, 1.54) is 16.7 Å². The lowest BCUT2D eigenvalue weighted by molar-refractivity contribution is 0.185. The summed E-state index contributed by atoms with van der Waals surface area (Å²) in [5.74, 6) is 1.71. The molecule has 4 rings (SSSR count). The third kappa shape index (κ3) is 3.01. The van der Waals surface area contributed by atoms with Gasteiger partial charge < -0.3 is 9.64 Å². The van der Waals surface area contributed by atoms with E-state index >= 15 is 0 Å². The lowest BCUT2D eigenvalue weighted by Gasteiger charge is -2.18. The van der Waals surface area contributed by atoms with Crippen LogP contribution in [-0.2, 0) is 24.4 Å². The van der Waals surface area contributed by atoms with Crippen molar-refractivity contribution in [1.29, 1.82) is 0 Å². The fraction of sp³-hybridized carbons (Fsp3) is 0.263. The van der Waals surface area contributed by atoms with Gasteiger partial charge in [0.05, 0.1) is 12.3 Å². The summed E-state index contributed by atoms with van der Waals surface area (Å²) in [6.07, 6.45) is 0. The first kappa shape index (κ1) is 16.1. The van der Waals surface area contributed by atoms with Gasteiger partial charge in [-0.15, -0.1) is 10.2 Å². The molecule has 2 aromatic carbocycles. The van der Waals surface area contributed by atoms with Crippen molar-refractivity contribution in [3.05, 3.63) is 70.0 Å². The third-order valence-corrected chi connectivity index (χ3v) is 4.73. The summed E-state index contributed by atoms with van der Waals surface area (Å²) in [4.78, 5) is 2.25. The Morgan fingerprint density at radius 1 is 1.04 bits per heavy atom. The minimum atomic E-state index is 0.632. The number of ether oxygens (including phenoxy) is 1. The minimum absolute atomic E-state index is 0.632. The molecule has 128 valence electrons. The molecule has 2 heterocycles. The monoisotopic (exact) mass is 354 g/mol. The van der Waals surface area contributed by atoms with Gasteiger partial charge in [0.25, 0.3) is 0 Å². The van der Waals surface area contributed by atoms with Crippen LogP contribution >= 0.6 is 11.6 Å². The van der Waals surface area contributed by atoms with Crippen LogP contribution in [-0.4, -0.2) is 21.9 Å². The largest absolute Gasteiger partial charge is 0.380 e. The van der Waals surface area contributed by atoms with Gasteiger partial charge in [-0.3, -0.25) is 4.57 Å². The van der Waals surface area contributed by atoms with Gasteiger partial charge in [-0.05, 0) is 47.9 Å². The fourth-order valence-corrected chi connectivity index (χ4v) is 3.42. The number of anilines is 1. The molecule has 0 saturated heterocycles. The summed E-state index contributed by atoms with van der Waals surface area (Å²) in [6, 6.07) is 14.3. The molecule has 0 aliphatic carbocycles. The standard InChI is InChI=1S/C19H19ClN4O/c1-13-21-22-19(24(13)18-7-5-17(20)6-8-18)23-10-15-4-3-14(12-25-2)9-16(15)11-23/h3-9H,10-12H2,1-2H3. The van der Waals surface area contributed by atoms with Crippen molar-refractivity contribution >= 4 is 17.5 Å². The Hall–Kier alpha value is -2.37. The second-order valence-corrected chi connectivity index (χ2v) is 6.69. The van der Waals surface area contributed by atoms with E-state index < -0.39 is 0 Å². The maximum Gasteiger partial charge on any atom is 0.232 e. The van der Waals surface area contributed by atoms with Crippen LogP contribution in [0.5, 0.6) is 0 Å². The number of rotatable bonds is 4. The van der Waals surface area contributed by atoms with Gasteiger partial charge in [-0.1, -0.05) is 29.8 Å². The third-order valence-electron chi connectivity index (χ3n) is 4.48. The zero-order valence-electron chi connectivity index (χ0n) is 14.2. The molecule has 0 amide bonds. The molecule has 0 unspecified atom stereocenters. The molecule has 0 saturated carbocycles. The van der Waals surface area contributed by atoms with Gasteiger partial charge in [-0.25, -0.2) is 0 Å². The second-order valence-electron chi connectivity index (χ2n) is 6.25. The zero-order valence-corrected chi connectivity index (χ0v) is 15.0. The van der Waals surface area contributed by atoms with Gasteiger partial charge in [-0.2, -0.15) is 0 Å². The number of aryl methyl sites for hydroxylation is 1. The van der Waals surface area contributed by atoms with Crippen LogP contribution in [0.15, 0.2) is 42.5 Å². The summed E-state index contributed by atoms with van der Waals surface area (Å²) in [6.45, 7) is 4.24. The molecule has 1 aliphatic heterocycles. The summed E-state index contributed by atoms with van der Waals surface area (Å²) in [5.41, 5.74) is 4.84. The molecule has 0 bridgehead atoms. The Labute approximate surface area is 151 Å². The van der Waals surface area contributed by atoms with E-state index in [4.69, 9.17) is 16.3 Å². The smallest absolute Gasteiger partial charge is 0.232 e. The molecular weight excluding hydrogens is 336 g/mol. The molecule has 5 nitrogen and oxygen atoms in total. The topological polar surface area (TPSA) is 43.2 Å². The Bertz CT molecular complexity index is 904. The van der Waals surface area contributed by atoms with Crippen molar-refractivity contribution in [3.63, 3.8) is 0 Å². The maximum absolute atomic E-state index is 6.02. The molecule has 0 atom stereocenters. The van der Waals surface area contributed by atoms with E-state index in [9.17, 15) is 0 Å². The normalized spacial score (nSPS) is 13.3. The van der Waals surface area contributed by atoms with E-state index in [0.717, 1.165) is 35.6 Å². The summed E-state index contributed by atoms with van der Waals surface area (Å²) in [5, 5.41) is 9.43. The highest BCUT2D eigenvalue weighted by atomic mass is 35.5. The van der Waals surface area contributed by atoms with Crippen molar-refractivity contribution in [2.24, 2.45) is 0 Å². The number of methoxy groups -OCH3 is 1. The highest BCUT2D eigenvalue weighted by Crippen LogP contribution is 2.30. The first-order valence-corrected chi connectivity index (χ1v) is 8.56. The Kier molecular flexibility index (Phi) is 4.19. The van der Waals surface area contributed by atoms with Crippen LogP contribution < -0.4 is 4.90 Å². The Balaban J connectivity index is 1.67. The van der Waals surface area contributed by atoms with Gasteiger partial charge in [0, 0.05) is 25.2 Å². The van der Waals surface area contributed by atoms with Crippen molar-refractivity contribution in [2.45, 2.75) is 26.6 Å². The second kappa shape index (κ2) is 6.50. The van der Waals surface area contributed by atoms with E-state index in [2.05, 4.69) is 37.9 Å². The van der Waals surface area contributed by atoms with Crippen LogP contribution in [0.25, 0.3) is 5.69 Å². The molecule has 0 radical (unpaired) electrons. The lowest BCUT2D eigenvalue weighted by Crippen LogP contribution is -2.19. The van der Waals surface area contributed by atoms with Crippen LogP contribution in [0.3, 0.4) is 0 Å². The van der Waals surface area contributed by atoms with E-state index in [0.29, 0.717) is 6.61 Å². The predicted molar refractivity (Wildman–Crippen MR) is 98.1 cm³/mol. The zero-order chi connectivity index (χ0) is 17.4. The number of hydrogen-bond acceptors (Lipinski definition) is 4. The van der Waals surface area contributed by atoms with Gasteiger partial charge >= 0.3 is 0 Å². The van der Waals surface area contributed by atoms with E-state index in [1.807, 2.05) is 31.2 Å². The Morgan fingerprint density at radius 3 is 2.56 bits per heavy atom. The average molecular weight is 355 g/mol. The quantitative estimate of drug-likeness (QED) is 0.712. The molecular formula is C19H19ClN4O. The van der Waals surface area contributed by atoms with Gasteiger partial charge in [0.15, 0.2) is 0 Å². The average Bonchev–Trinajstić information content (AvgIpc) is 3.19. The summed E-state index contributed by atoms with van der Waals surface area (Å²) < 4.78 is 7.31. The van der Waals surface area contributed by atoms with Gasteiger partial charge in [0.1, 0.15) is 5.82 Å². The minimum Gasteiger partial charge on any atom is -0.380 e. The SMILES string of the molecule is COCc1ccc2c(c1)CN(c1nnc(C)n1-c1ccc(Cl)cc1)C2. The molecule has 1 aliphatic rings. The number of fused-ring (bicyclic) bond motifs is 1. The fourth-order valence-electron chi connectivity index (χ4n) is 3.29. The molecule has 0 spiro atoms. The molecule has 6 heteroatoms. The number of halogens is 1. The molecule has 25 heavy (non-hydrogen) atoms. The van der Waals surface area contributed by atoms with Crippen molar-refractivity contribution < 1.29 is 4.74 Å². The van der Waals surface area contributed by atoms with E-state index in [-0.39, 0.29) is 0 Å². The van der Waals surface area contributed by atoms with Gasteiger partial charge in [0.2, 0.25) is 5.95 Å². The van der Waals surface area contributed by atoms with Crippen molar-refractivity contribution in [1.82, 2.24) is 14.8 Å². The molecule has 3 aromatic rings. The predicted octanol–water partition coefficient (Wildman–Crippen LogP) is 3.90. The van der Waals surface area contributed by atoms with Crippen LogP contribution in [0.2, 0.25) is 5.02 Å². The Morgan fingerprint density at radius 2 is 1.80 bits per heavy atom. The van der Waals surface area contributed by atoms with Crippen LogP contribution in [0.1, 0.15) is 22.5 Å². The first-order valence-electron chi connectivity index (χ1n) is 8.18. The van der Waals surface area contributed by atoms with Crippen LogP contribution in [0, 0.1) is 6.92 Å². The summed E-state index contributed by atoms with van der Waals surface area (Å²) in [7, 11) is 1.72. The molecule has 0 N–H and O–H groups in total. The molecule has 1 aromatic heterocycles. The lowest BCUT2D eigenvalue weighted by atomic mass is 10.1. The highest BCUT2D eigenvalue weighted by Gasteiger charge is 2.25. The maximum atomic E-state index is 6.02. The number of benzene rings is 2. The summed E-state index contributed by atoms with van der Waals surface area (Å²) >= 11 is 6.02. The van der Waals surface area contributed by atoms with Crippen molar-refractivity contribution in [3.8, 4) is 5.69 Å². The number of hydrogen-bond donors (Lipinski definition) is 0.